The van der Waals surface area contributed by atoms with Crippen LogP contribution < -0.4 is 10.2 Å². The van der Waals surface area contributed by atoms with Crippen LogP contribution in [-0.2, 0) is 4.74 Å². The van der Waals surface area contributed by atoms with Gasteiger partial charge in [-0.05, 0) is 25.2 Å². The van der Waals surface area contributed by atoms with Crippen molar-refractivity contribution in [2.24, 2.45) is 5.10 Å². The first-order valence-electron chi connectivity index (χ1n) is 9.51. The van der Waals surface area contributed by atoms with Gasteiger partial charge in [-0.1, -0.05) is 19.9 Å². The molecule has 1 aliphatic heterocycles. The highest BCUT2D eigenvalue weighted by atomic mass is 16.5. The number of aromatic amines is 1. The molecule has 0 spiro atoms. The number of hydrogen-bond donors (Lipinski definition) is 2. The molecule has 3 aromatic rings. The van der Waals surface area contributed by atoms with Crippen molar-refractivity contribution in [3.8, 4) is 17.1 Å². The number of nitrogens with one attached hydrogen (secondary N) is 2. The lowest BCUT2D eigenvalue weighted by Gasteiger charge is -2.17. The lowest BCUT2D eigenvalue weighted by molar-refractivity contribution is 0.217. The van der Waals surface area contributed by atoms with Crippen LogP contribution in [0.1, 0.15) is 19.4 Å². The number of nitrogens with zero attached hydrogens (tertiary/aromatic N) is 4. The van der Waals surface area contributed by atoms with E-state index in [1.165, 1.54) is 0 Å². The molecule has 8 nitrogen and oxygen atoms in total. The Hall–Kier alpha value is -3.13. The zero-order valence-electron chi connectivity index (χ0n) is 16.1. The van der Waals surface area contributed by atoms with Crippen LogP contribution in [0.15, 0.2) is 41.9 Å². The molecule has 8 heteroatoms. The molecule has 0 aliphatic carbocycles. The summed E-state index contributed by atoms with van der Waals surface area (Å²) in [6, 6.07) is 6.10. The molecule has 146 valence electrons. The summed E-state index contributed by atoms with van der Waals surface area (Å²) in [4.78, 5) is 14.5. The van der Waals surface area contributed by atoms with E-state index in [0.29, 0.717) is 25.1 Å². The van der Waals surface area contributed by atoms with Gasteiger partial charge in [0.1, 0.15) is 6.61 Å². The van der Waals surface area contributed by atoms with Gasteiger partial charge in [0.25, 0.3) is 0 Å². The topological polar surface area (TPSA) is 87.7 Å². The molecule has 4 rings (SSSR count). The van der Waals surface area contributed by atoms with Crippen molar-refractivity contribution in [3.63, 3.8) is 0 Å². The minimum absolute atomic E-state index is 0.389. The third kappa shape index (κ3) is 3.77. The SMILES string of the molecule is CCN(CC)CCOc1cncc(-c2ccc3[nH]cc(C4=NNCO4)c3c2)n1. The Morgan fingerprint density at radius 1 is 1.21 bits per heavy atom. The van der Waals surface area contributed by atoms with Gasteiger partial charge in [-0.2, -0.15) is 0 Å². The summed E-state index contributed by atoms with van der Waals surface area (Å²) in [5.41, 5.74) is 6.48. The highest BCUT2D eigenvalue weighted by Crippen LogP contribution is 2.27. The predicted molar refractivity (Wildman–Crippen MR) is 108 cm³/mol. The highest BCUT2D eigenvalue weighted by Gasteiger charge is 2.16. The van der Waals surface area contributed by atoms with Gasteiger partial charge in [0.2, 0.25) is 11.8 Å². The fourth-order valence-corrected chi connectivity index (χ4v) is 3.21. The van der Waals surface area contributed by atoms with E-state index in [0.717, 1.165) is 47.4 Å². The van der Waals surface area contributed by atoms with Crippen LogP contribution in [0.2, 0.25) is 0 Å². The average molecular weight is 380 g/mol. The Kier molecular flexibility index (Phi) is 5.38. The standard InChI is InChI=1S/C20H24N6O2/c1-3-26(4-2)7-8-27-19-12-21-11-18(24-19)14-5-6-17-15(9-14)16(10-22-17)20-25-23-13-28-20/h5-6,9-12,22-23H,3-4,7-8,13H2,1-2H3. The molecule has 1 aliphatic rings. The Labute approximate surface area is 163 Å². The van der Waals surface area contributed by atoms with Gasteiger partial charge in [0.05, 0.1) is 23.7 Å². The quantitative estimate of drug-likeness (QED) is 0.625. The molecule has 0 saturated heterocycles. The lowest BCUT2D eigenvalue weighted by atomic mass is 10.1. The summed E-state index contributed by atoms with van der Waals surface area (Å²) >= 11 is 0. The fraction of sp³-hybridized carbons (Fsp3) is 0.350. The summed E-state index contributed by atoms with van der Waals surface area (Å²) in [6.45, 7) is 8.16. The number of benzene rings is 1. The van der Waals surface area contributed by atoms with Gasteiger partial charge < -0.3 is 19.4 Å². The number of rotatable bonds is 8. The molecular weight excluding hydrogens is 356 g/mol. The molecule has 0 fully saturated rings. The van der Waals surface area contributed by atoms with E-state index in [4.69, 9.17) is 9.47 Å². The van der Waals surface area contributed by atoms with Gasteiger partial charge in [0, 0.05) is 29.2 Å². The smallest absolute Gasteiger partial charge is 0.241 e. The second-order valence-electron chi connectivity index (χ2n) is 6.44. The van der Waals surface area contributed by atoms with E-state index in [9.17, 15) is 0 Å². The van der Waals surface area contributed by atoms with Crippen LogP contribution in [0.25, 0.3) is 22.2 Å². The van der Waals surface area contributed by atoms with Crippen molar-refractivity contribution in [2.45, 2.75) is 13.8 Å². The summed E-state index contributed by atoms with van der Waals surface area (Å²) in [5, 5.41) is 5.20. The number of aromatic nitrogens is 3. The zero-order chi connectivity index (χ0) is 19.3. The molecular formula is C20H24N6O2. The Balaban J connectivity index is 1.55. The second kappa shape index (κ2) is 8.26. The van der Waals surface area contributed by atoms with E-state index < -0.39 is 0 Å². The minimum atomic E-state index is 0.389. The van der Waals surface area contributed by atoms with Crippen molar-refractivity contribution in [1.82, 2.24) is 25.3 Å². The molecule has 0 amide bonds. The number of ether oxygens (including phenoxy) is 2. The summed E-state index contributed by atoms with van der Waals surface area (Å²) < 4.78 is 11.3. The van der Waals surface area contributed by atoms with E-state index in [2.05, 4.69) is 50.3 Å². The fourth-order valence-electron chi connectivity index (χ4n) is 3.21. The summed E-state index contributed by atoms with van der Waals surface area (Å²) in [5.74, 6) is 1.12. The van der Waals surface area contributed by atoms with Crippen LogP contribution in [-0.4, -0.2) is 58.7 Å². The van der Waals surface area contributed by atoms with Crippen LogP contribution in [0.3, 0.4) is 0 Å². The maximum absolute atomic E-state index is 5.81. The van der Waals surface area contributed by atoms with Crippen molar-refractivity contribution in [1.29, 1.82) is 0 Å². The zero-order valence-corrected chi connectivity index (χ0v) is 16.1. The van der Waals surface area contributed by atoms with Crippen molar-refractivity contribution in [2.75, 3.05) is 33.0 Å². The first-order chi connectivity index (χ1) is 13.8. The minimum Gasteiger partial charge on any atom is -0.475 e. The maximum Gasteiger partial charge on any atom is 0.241 e. The Bertz CT molecular complexity index is 980. The van der Waals surface area contributed by atoms with Crippen LogP contribution >= 0.6 is 0 Å². The molecule has 0 bridgehead atoms. The van der Waals surface area contributed by atoms with Gasteiger partial charge in [-0.3, -0.25) is 10.4 Å². The summed E-state index contributed by atoms with van der Waals surface area (Å²) in [6.07, 6.45) is 5.30. The number of fused-ring (bicyclic) bond motifs is 1. The largest absolute Gasteiger partial charge is 0.475 e. The predicted octanol–water partition coefficient (Wildman–Crippen LogP) is 2.58. The molecule has 3 heterocycles. The third-order valence-corrected chi connectivity index (χ3v) is 4.83. The van der Waals surface area contributed by atoms with Crippen molar-refractivity contribution in [3.05, 3.63) is 42.4 Å². The van der Waals surface area contributed by atoms with Gasteiger partial charge in [0.15, 0.2) is 6.73 Å². The molecule has 0 radical (unpaired) electrons. The molecule has 0 saturated carbocycles. The van der Waals surface area contributed by atoms with E-state index in [1.54, 1.807) is 12.4 Å². The Morgan fingerprint density at radius 3 is 2.89 bits per heavy atom. The number of hydrazone groups is 1. The van der Waals surface area contributed by atoms with Crippen LogP contribution in [0, 0.1) is 0 Å². The molecule has 1 aromatic carbocycles. The van der Waals surface area contributed by atoms with E-state index in [1.807, 2.05) is 18.3 Å². The number of hydrogen-bond acceptors (Lipinski definition) is 7. The Morgan fingerprint density at radius 2 is 2.11 bits per heavy atom. The lowest BCUT2D eigenvalue weighted by Crippen LogP contribution is -2.28. The molecule has 2 aromatic heterocycles. The average Bonchev–Trinajstić information content (AvgIpc) is 3.40. The first kappa shape index (κ1) is 18.2. The van der Waals surface area contributed by atoms with E-state index in [-0.39, 0.29) is 0 Å². The third-order valence-electron chi connectivity index (χ3n) is 4.83. The monoisotopic (exact) mass is 380 g/mol. The number of H-pyrrole nitrogens is 1. The van der Waals surface area contributed by atoms with Gasteiger partial charge in [-0.25, -0.2) is 4.98 Å². The van der Waals surface area contributed by atoms with Crippen molar-refractivity contribution < 1.29 is 9.47 Å². The highest BCUT2D eigenvalue weighted by molar-refractivity contribution is 6.07. The molecule has 0 unspecified atom stereocenters. The maximum atomic E-state index is 5.81. The second-order valence-corrected chi connectivity index (χ2v) is 6.44. The van der Waals surface area contributed by atoms with Crippen LogP contribution in [0.5, 0.6) is 5.88 Å². The van der Waals surface area contributed by atoms with E-state index >= 15 is 0 Å². The first-order valence-corrected chi connectivity index (χ1v) is 9.51. The molecule has 2 N–H and O–H groups in total. The molecule has 0 atom stereocenters. The molecule has 28 heavy (non-hydrogen) atoms. The van der Waals surface area contributed by atoms with Crippen LogP contribution in [0.4, 0.5) is 0 Å². The number of likely N-dealkylation sites (N-methyl/N-ethyl adjacent to an activating group) is 1. The van der Waals surface area contributed by atoms with Gasteiger partial charge >= 0.3 is 0 Å². The summed E-state index contributed by atoms with van der Waals surface area (Å²) in [7, 11) is 0. The van der Waals surface area contributed by atoms with Crippen molar-refractivity contribution >= 4 is 16.8 Å². The normalized spacial score (nSPS) is 13.5. The van der Waals surface area contributed by atoms with Gasteiger partial charge in [-0.15, -0.1) is 5.10 Å².